The Kier molecular flexibility index (Phi) is 4.65. The number of rotatable bonds is 4. The molecule has 2 nitrogen and oxygen atoms in total. The maximum atomic E-state index is 12.1. The van der Waals surface area contributed by atoms with Crippen LogP contribution in [-0.2, 0) is 0 Å². The van der Waals surface area contributed by atoms with Crippen LogP contribution in [0.15, 0.2) is 48.5 Å². The van der Waals surface area contributed by atoms with Crippen molar-refractivity contribution in [1.82, 2.24) is 0 Å². The summed E-state index contributed by atoms with van der Waals surface area (Å²) >= 11 is 4.94. The van der Waals surface area contributed by atoms with E-state index in [1.807, 2.05) is 48.5 Å². The molecule has 0 atom stereocenters. The molecule has 0 spiro atoms. The number of methoxy groups -OCH3 is 1. The first-order valence-electron chi connectivity index (χ1n) is 5.31. The van der Waals surface area contributed by atoms with E-state index in [0.717, 1.165) is 14.9 Å². The van der Waals surface area contributed by atoms with Crippen molar-refractivity contribution in [3.8, 4) is 5.75 Å². The van der Waals surface area contributed by atoms with Gasteiger partial charge in [0.2, 0.25) is 0 Å². The summed E-state index contributed by atoms with van der Waals surface area (Å²) in [7, 11) is 1.61. The van der Waals surface area contributed by atoms with Crippen LogP contribution in [0.1, 0.15) is 10.4 Å². The molecule has 2 rings (SSSR count). The zero-order chi connectivity index (χ0) is 13.0. The second-order valence-electron chi connectivity index (χ2n) is 3.57. The summed E-state index contributed by atoms with van der Waals surface area (Å²) in [5.41, 5.74) is 0.744. The van der Waals surface area contributed by atoms with Crippen molar-refractivity contribution in [1.29, 1.82) is 0 Å². The van der Waals surface area contributed by atoms with E-state index in [4.69, 9.17) is 16.3 Å². The number of hydrogen-bond donors (Lipinski definition) is 0. The van der Waals surface area contributed by atoms with E-state index in [9.17, 15) is 4.79 Å². The second-order valence-corrected chi connectivity index (χ2v) is 6.99. The number of carbonyl (C=O) groups is 1. The van der Waals surface area contributed by atoms with Gasteiger partial charge in [-0.3, -0.25) is 0 Å². The van der Waals surface area contributed by atoms with Gasteiger partial charge in [-0.1, -0.05) is 0 Å². The molecule has 18 heavy (non-hydrogen) atoms. The summed E-state index contributed by atoms with van der Waals surface area (Å²) in [5, 5.41) is 0.697. The van der Waals surface area contributed by atoms with E-state index in [0.29, 0.717) is 5.02 Å². The van der Waals surface area contributed by atoms with Crippen LogP contribution in [0.25, 0.3) is 0 Å². The minimum atomic E-state index is -0.873. The molecule has 0 heterocycles. The summed E-state index contributed by atoms with van der Waals surface area (Å²) in [6.07, 6.45) is 0. The number of ether oxygens (including phenoxy) is 1. The van der Waals surface area contributed by atoms with E-state index >= 15 is 0 Å². The van der Waals surface area contributed by atoms with E-state index in [-0.39, 0.29) is 3.83 Å². The van der Waals surface area contributed by atoms with Crippen molar-refractivity contribution in [2.24, 2.45) is 0 Å². The van der Waals surface area contributed by atoms with Crippen molar-refractivity contribution in [3.05, 3.63) is 59.1 Å². The van der Waals surface area contributed by atoms with Gasteiger partial charge in [0, 0.05) is 0 Å². The van der Waals surface area contributed by atoms with Crippen LogP contribution < -0.4 is 8.35 Å². The molecule has 0 N–H and O–H groups in total. The quantitative estimate of drug-likeness (QED) is 0.769. The van der Waals surface area contributed by atoms with Gasteiger partial charge in [0.05, 0.1) is 0 Å². The Morgan fingerprint density at radius 2 is 1.67 bits per heavy atom. The summed E-state index contributed by atoms with van der Waals surface area (Å²) in [4.78, 5) is 12.1. The van der Waals surface area contributed by atoms with E-state index in [1.165, 1.54) is 0 Å². The molecule has 92 valence electrons. The third kappa shape index (κ3) is 3.49. The summed E-state index contributed by atoms with van der Waals surface area (Å²) in [6, 6.07) is 14.7. The molecule has 0 saturated heterocycles. The third-order valence-electron chi connectivity index (χ3n) is 2.35. The van der Waals surface area contributed by atoms with Gasteiger partial charge in [0.1, 0.15) is 0 Å². The molecule has 0 unspecified atom stereocenters. The van der Waals surface area contributed by atoms with Crippen LogP contribution in [-0.4, -0.2) is 31.9 Å². The van der Waals surface area contributed by atoms with Gasteiger partial charge in [0.25, 0.3) is 0 Å². The van der Waals surface area contributed by atoms with Crippen LogP contribution >= 0.6 is 11.6 Å². The fraction of sp³-hybridized carbons (Fsp3) is 0.0714. The van der Waals surface area contributed by atoms with Gasteiger partial charge >= 0.3 is 121 Å². The minimum absolute atomic E-state index is 0.213. The predicted octanol–water partition coefficient (Wildman–Crippen LogP) is 2.52. The Morgan fingerprint density at radius 3 is 2.22 bits per heavy atom. The van der Waals surface area contributed by atoms with Gasteiger partial charge < -0.3 is 0 Å². The molecule has 2 aromatic rings. The Hall–Kier alpha value is -1.01. The van der Waals surface area contributed by atoms with Crippen molar-refractivity contribution >= 4 is 40.0 Å². The van der Waals surface area contributed by atoms with Crippen LogP contribution in [0.2, 0.25) is 5.02 Å². The molecular formula is C14H11ClO2Te. The van der Waals surface area contributed by atoms with Crippen LogP contribution in [0, 0.1) is 0 Å². The summed E-state index contributed by atoms with van der Waals surface area (Å²) in [5.74, 6) is 0.763. The normalized spacial score (nSPS) is 10.1. The Morgan fingerprint density at radius 1 is 1.06 bits per heavy atom. The predicted molar refractivity (Wildman–Crippen MR) is 74.2 cm³/mol. The number of hydrogen-bond acceptors (Lipinski definition) is 2. The molecule has 0 aliphatic carbocycles. The molecule has 2 aromatic carbocycles. The van der Waals surface area contributed by atoms with E-state index in [2.05, 4.69) is 0 Å². The first kappa shape index (κ1) is 13.4. The van der Waals surface area contributed by atoms with Crippen molar-refractivity contribution in [2.45, 2.75) is 0 Å². The molecule has 0 aliphatic rings. The van der Waals surface area contributed by atoms with Crippen molar-refractivity contribution < 1.29 is 9.53 Å². The number of benzene rings is 2. The van der Waals surface area contributed by atoms with Gasteiger partial charge in [-0.25, -0.2) is 0 Å². The topological polar surface area (TPSA) is 26.3 Å². The molecule has 0 radical (unpaired) electrons. The fourth-order valence-corrected chi connectivity index (χ4v) is 3.63. The van der Waals surface area contributed by atoms with Crippen LogP contribution in [0.5, 0.6) is 5.75 Å². The molecule has 0 bridgehead atoms. The van der Waals surface area contributed by atoms with Crippen molar-refractivity contribution in [2.75, 3.05) is 7.11 Å². The van der Waals surface area contributed by atoms with Crippen LogP contribution in [0.3, 0.4) is 0 Å². The zero-order valence-electron chi connectivity index (χ0n) is 9.72. The molecule has 0 amide bonds. The summed E-state index contributed by atoms with van der Waals surface area (Å²) < 4.78 is 6.37. The van der Waals surface area contributed by atoms with Crippen LogP contribution in [0.4, 0.5) is 0 Å². The Bertz CT molecular complexity index is 535. The molecule has 0 fully saturated rings. The number of halogens is 1. The van der Waals surface area contributed by atoms with Gasteiger partial charge in [-0.15, -0.1) is 0 Å². The maximum absolute atomic E-state index is 12.1. The Balaban J connectivity index is 2.09. The first-order valence-corrected chi connectivity index (χ1v) is 8.01. The standard InChI is InChI=1S/C14H11ClO2Te/c1-17-12-6-2-10(3-7-12)14(16)18-13-8-4-11(15)5-9-13/h2-9H,1H3. The second kappa shape index (κ2) is 6.24. The van der Waals surface area contributed by atoms with Gasteiger partial charge in [-0.2, -0.15) is 0 Å². The molecular weight excluding hydrogens is 363 g/mol. The molecule has 0 aromatic heterocycles. The molecule has 4 heteroatoms. The SMILES string of the molecule is COc1ccc(C(=O)[Te]c2ccc(Cl)cc2)cc1. The number of carbonyl (C=O) groups excluding carboxylic acids is 1. The monoisotopic (exact) mass is 376 g/mol. The Labute approximate surface area is 121 Å². The van der Waals surface area contributed by atoms with Gasteiger partial charge in [0.15, 0.2) is 0 Å². The third-order valence-corrected chi connectivity index (χ3v) is 5.25. The molecule has 0 aliphatic heterocycles. The van der Waals surface area contributed by atoms with E-state index in [1.54, 1.807) is 7.11 Å². The summed E-state index contributed by atoms with van der Waals surface area (Å²) in [6.45, 7) is 0. The average Bonchev–Trinajstić information content (AvgIpc) is 2.41. The fourth-order valence-electron chi connectivity index (χ4n) is 1.40. The zero-order valence-corrected chi connectivity index (χ0v) is 12.8. The van der Waals surface area contributed by atoms with Crippen molar-refractivity contribution in [3.63, 3.8) is 0 Å². The van der Waals surface area contributed by atoms with Gasteiger partial charge in [-0.05, 0) is 0 Å². The van der Waals surface area contributed by atoms with E-state index < -0.39 is 20.9 Å². The first-order chi connectivity index (χ1) is 8.69. The molecule has 0 saturated carbocycles. The average molecular weight is 374 g/mol.